The number of hydrogen-bond donors (Lipinski definition) is 2. The fourth-order valence-electron chi connectivity index (χ4n) is 5.10. The first-order valence-electron chi connectivity index (χ1n) is 13.4. The Hall–Kier alpha value is -4.10. The standard InChI is InChI=1S/C29H27F3N6O3S/c1-40-15-14-33-25-22(35-26(42-25)28(12-7-13-28)29(30,31)32)24-37-38-27(41-24)36-23-20(39)16-18-10-5-6-11-19(18)21(34-23)17-8-3-2-4-9-17/h2-6,8-11,23,33H,7,12-16H2,1H3,(H,36,38)/t23-/m1/s1. The molecule has 2 aromatic heterocycles. The van der Waals surface area contributed by atoms with Crippen LogP contribution in [0.15, 0.2) is 64.0 Å². The van der Waals surface area contributed by atoms with E-state index in [0.717, 1.165) is 28.0 Å². The number of anilines is 2. The first kappa shape index (κ1) is 28.0. The molecule has 2 N–H and O–H groups in total. The molecule has 13 heteroatoms. The van der Waals surface area contributed by atoms with Crippen molar-refractivity contribution in [1.82, 2.24) is 15.2 Å². The first-order chi connectivity index (χ1) is 20.3. The zero-order valence-corrected chi connectivity index (χ0v) is 23.4. The summed E-state index contributed by atoms with van der Waals surface area (Å²) in [6, 6.07) is 17.0. The van der Waals surface area contributed by atoms with E-state index in [9.17, 15) is 18.0 Å². The Bertz CT molecular complexity index is 1610. The van der Waals surface area contributed by atoms with Gasteiger partial charge in [0.05, 0.1) is 12.3 Å². The van der Waals surface area contributed by atoms with Crippen molar-refractivity contribution in [2.45, 2.75) is 43.4 Å². The second-order valence-electron chi connectivity index (χ2n) is 10.2. The Morgan fingerprint density at radius 3 is 2.57 bits per heavy atom. The molecular formula is C29H27F3N6O3S. The molecule has 0 amide bonds. The summed E-state index contributed by atoms with van der Waals surface area (Å²) in [5.41, 5.74) is 1.31. The van der Waals surface area contributed by atoms with Crippen LogP contribution in [0.5, 0.6) is 0 Å². The van der Waals surface area contributed by atoms with Gasteiger partial charge in [-0.1, -0.05) is 77.5 Å². The van der Waals surface area contributed by atoms with E-state index in [0.29, 0.717) is 30.3 Å². The fourth-order valence-corrected chi connectivity index (χ4v) is 6.35. The molecule has 0 saturated heterocycles. The van der Waals surface area contributed by atoms with Gasteiger partial charge in [-0.05, 0) is 18.4 Å². The highest BCUT2D eigenvalue weighted by atomic mass is 32.1. The van der Waals surface area contributed by atoms with Crippen LogP contribution in [-0.4, -0.2) is 59.3 Å². The maximum absolute atomic E-state index is 14.1. The number of methoxy groups -OCH3 is 1. The average molecular weight is 597 g/mol. The van der Waals surface area contributed by atoms with E-state index >= 15 is 0 Å². The number of ketones is 1. The predicted octanol–water partition coefficient (Wildman–Crippen LogP) is 5.64. The van der Waals surface area contributed by atoms with Crippen LogP contribution in [0.2, 0.25) is 0 Å². The molecule has 3 heterocycles. The Kier molecular flexibility index (Phi) is 7.54. The molecule has 4 aromatic rings. The molecule has 2 aliphatic rings. The third-order valence-corrected chi connectivity index (χ3v) is 8.73. The lowest BCUT2D eigenvalue weighted by Gasteiger charge is -2.41. The number of ether oxygens (including phenoxy) is 1. The number of nitrogens with one attached hydrogen (secondary N) is 2. The van der Waals surface area contributed by atoms with Crippen molar-refractivity contribution < 1.29 is 27.1 Å². The van der Waals surface area contributed by atoms with E-state index < -0.39 is 17.8 Å². The number of fused-ring (bicyclic) bond motifs is 1. The van der Waals surface area contributed by atoms with Crippen LogP contribution < -0.4 is 10.6 Å². The van der Waals surface area contributed by atoms with Crippen molar-refractivity contribution in [2.75, 3.05) is 30.9 Å². The minimum Gasteiger partial charge on any atom is -0.402 e. The molecule has 2 aromatic carbocycles. The van der Waals surface area contributed by atoms with Gasteiger partial charge in [0.25, 0.3) is 5.89 Å². The van der Waals surface area contributed by atoms with Gasteiger partial charge in [-0.2, -0.15) is 13.2 Å². The molecule has 1 fully saturated rings. The van der Waals surface area contributed by atoms with Gasteiger partial charge in [0.1, 0.15) is 15.4 Å². The number of carbonyl (C=O) groups is 1. The maximum Gasteiger partial charge on any atom is 0.400 e. The van der Waals surface area contributed by atoms with E-state index in [-0.39, 0.29) is 47.7 Å². The normalized spacial score (nSPS) is 18.0. The number of Topliss-reactive ketones (excluding diaryl/α,β-unsaturated/α-hetero) is 1. The van der Waals surface area contributed by atoms with Crippen LogP contribution in [-0.2, 0) is 21.4 Å². The van der Waals surface area contributed by atoms with Crippen molar-refractivity contribution >= 4 is 33.8 Å². The molecular weight excluding hydrogens is 569 g/mol. The van der Waals surface area contributed by atoms with Crippen LogP contribution in [0.4, 0.5) is 24.2 Å². The molecule has 42 heavy (non-hydrogen) atoms. The summed E-state index contributed by atoms with van der Waals surface area (Å²) < 4.78 is 53.2. The van der Waals surface area contributed by atoms with Gasteiger partial charge >= 0.3 is 12.2 Å². The third-order valence-electron chi connectivity index (χ3n) is 7.51. The smallest absolute Gasteiger partial charge is 0.400 e. The monoisotopic (exact) mass is 596 g/mol. The Morgan fingerprint density at radius 1 is 1.10 bits per heavy atom. The topological polar surface area (TPSA) is 115 Å². The summed E-state index contributed by atoms with van der Waals surface area (Å²) in [5, 5.41) is 14.4. The fraction of sp³-hybridized carbons (Fsp3) is 0.345. The van der Waals surface area contributed by atoms with E-state index in [1.165, 1.54) is 7.11 Å². The number of alkyl halides is 3. The average Bonchev–Trinajstić information content (AvgIpc) is 3.54. The number of aromatic nitrogens is 3. The van der Waals surface area contributed by atoms with Crippen LogP contribution in [0.25, 0.3) is 11.6 Å². The summed E-state index contributed by atoms with van der Waals surface area (Å²) in [7, 11) is 1.53. The summed E-state index contributed by atoms with van der Waals surface area (Å²) in [4.78, 5) is 22.4. The number of benzene rings is 2. The highest BCUT2D eigenvalue weighted by Crippen LogP contribution is 2.56. The Morgan fingerprint density at radius 2 is 1.86 bits per heavy atom. The molecule has 0 spiro atoms. The highest BCUT2D eigenvalue weighted by molar-refractivity contribution is 7.16. The lowest BCUT2D eigenvalue weighted by atomic mass is 9.68. The Balaban J connectivity index is 1.32. The largest absolute Gasteiger partial charge is 0.402 e. The minimum atomic E-state index is -4.43. The molecule has 6 rings (SSSR count). The minimum absolute atomic E-state index is 0.0223. The van der Waals surface area contributed by atoms with E-state index in [1.807, 2.05) is 54.6 Å². The second-order valence-corrected chi connectivity index (χ2v) is 11.2. The van der Waals surface area contributed by atoms with Gasteiger partial charge in [0, 0.05) is 31.2 Å². The van der Waals surface area contributed by atoms with Crippen molar-refractivity contribution in [1.29, 1.82) is 0 Å². The quantitative estimate of drug-likeness (QED) is 0.239. The number of nitrogens with zero attached hydrogens (tertiary/aromatic N) is 4. The van der Waals surface area contributed by atoms with Crippen molar-refractivity contribution in [3.05, 3.63) is 76.3 Å². The summed E-state index contributed by atoms with van der Waals surface area (Å²) in [5.74, 6) is -0.281. The Labute approximate surface area is 243 Å². The molecule has 1 atom stereocenters. The predicted molar refractivity (Wildman–Crippen MR) is 152 cm³/mol. The van der Waals surface area contributed by atoms with Crippen LogP contribution >= 0.6 is 11.3 Å². The van der Waals surface area contributed by atoms with Crippen molar-refractivity contribution in [2.24, 2.45) is 4.99 Å². The third kappa shape index (κ3) is 5.18. The lowest BCUT2D eigenvalue weighted by Crippen LogP contribution is -2.47. The number of hydrogen-bond acceptors (Lipinski definition) is 10. The molecule has 0 radical (unpaired) electrons. The van der Waals surface area contributed by atoms with Crippen LogP contribution in [0.3, 0.4) is 0 Å². The summed E-state index contributed by atoms with van der Waals surface area (Å²) >= 11 is 0.931. The molecule has 0 unspecified atom stereocenters. The number of rotatable bonds is 9. The summed E-state index contributed by atoms with van der Waals surface area (Å²) in [6.07, 6.45) is -4.90. The lowest BCUT2D eigenvalue weighted by molar-refractivity contribution is -0.212. The number of aliphatic imine (C=N–C) groups is 1. The highest BCUT2D eigenvalue weighted by Gasteiger charge is 2.61. The zero-order chi connectivity index (χ0) is 29.3. The molecule has 1 aliphatic heterocycles. The SMILES string of the molecule is COCCNc1sc(C2(C(F)(F)F)CCC2)nc1-c1nnc(N[C@H]2N=C(c3ccccc3)c3ccccc3CC2=O)o1. The van der Waals surface area contributed by atoms with Gasteiger partial charge in [0.15, 0.2) is 17.6 Å². The first-order valence-corrected chi connectivity index (χ1v) is 14.3. The van der Waals surface area contributed by atoms with E-state index in [4.69, 9.17) is 14.1 Å². The molecule has 9 nitrogen and oxygen atoms in total. The van der Waals surface area contributed by atoms with E-state index in [1.54, 1.807) is 0 Å². The number of carbonyl (C=O) groups excluding carboxylic acids is 1. The number of thiazole rings is 1. The van der Waals surface area contributed by atoms with Crippen molar-refractivity contribution in [3.8, 4) is 11.6 Å². The zero-order valence-electron chi connectivity index (χ0n) is 22.6. The van der Waals surface area contributed by atoms with Gasteiger partial charge < -0.3 is 19.8 Å². The van der Waals surface area contributed by atoms with Crippen LogP contribution in [0.1, 0.15) is 41.0 Å². The summed E-state index contributed by atoms with van der Waals surface area (Å²) in [6.45, 7) is 0.680. The van der Waals surface area contributed by atoms with E-state index in [2.05, 4.69) is 25.8 Å². The maximum atomic E-state index is 14.1. The molecule has 218 valence electrons. The molecule has 1 aliphatic carbocycles. The van der Waals surface area contributed by atoms with Gasteiger partial charge in [0.2, 0.25) is 0 Å². The number of halogens is 3. The molecule has 0 bridgehead atoms. The second kappa shape index (κ2) is 11.3. The van der Waals surface area contributed by atoms with Gasteiger partial charge in [-0.15, -0.1) is 5.10 Å². The van der Waals surface area contributed by atoms with Crippen molar-refractivity contribution in [3.63, 3.8) is 0 Å². The van der Waals surface area contributed by atoms with Gasteiger partial charge in [-0.25, -0.2) is 4.98 Å². The van der Waals surface area contributed by atoms with Crippen LogP contribution in [0, 0.1) is 0 Å². The van der Waals surface area contributed by atoms with Gasteiger partial charge in [-0.3, -0.25) is 9.79 Å². The molecule has 1 saturated carbocycles.